The maximum Gasteiger partial charge on any atom is 0.423 e. The minimum Gasteiger partial charge on any atom is -0.268 e. The molecule has 18 heteroatoms. The topological polar surface area (TPSA) is 161 Å². The van der Waals surface area contributed by atoms with Gasteiger partial charge in [-0.1, -0.05) is 24.3 Å². The first-order valence-electron chi connectivity index (χ1n) is 18.1. The van der Waals surface area contributed by atoms with E-state index in [4.69, 9.17) is 0 Å². The van der Waals surface area contributed by atoms with E-state index in [-0.39, 0.29) is 67.1 Å². The molecule has 0 aromatic heterocycles. The number of benzene rings is 6. The number of fused-ring (bicyclic) bond motifs is 2. The molecule has 0 N–H and O–H groups in total. The standard InChI is InChI=1S/C44H24F6N4O8/c1-21-16-27(51-39(55)31-10-4-25(18-34(31)41(51)57)26-6-14-38(54(61)62)36(19-26)44(48,49)50)7-11-29(21)30-12-8-28(20-35(30)43(45,46)47)52-40(56)32-9-3-24(17-33(32)42(52)58)23-5-13-37(53(59)60)22(2)15-23/h3-20H,1-2H3. The van der Waals surface area contributed by atoms with Gasteiger partial charge in [-0.25, -0.2) is 9.80 Å². The number of hydrogen-bond donors (Lipinski definition) is 0. The van der Waals surface area contributed by atoms with Crippen LogP contribution < -0.4 is 9.80 Å². The second-order valence-electron chi connectivity index (χ2n) is 14.4. The van der Waals surface area contributed by atoms with Crippen molar-refractivity contribution < 1.29 is 55.4 Å². The first-order chi connectivity index (χ1) is 29.1. The zero-order chi connectivity index (χ0) is 44.7. The second kappa shape index (κ2) is 14.3. The lowest BCUT2D eigenvalue weighted by atomic mass is 9.94. The Bertz CT molecular complexity index is 3030. The van der Waals surface area contributed by atoms with Gasteiger partial charge in [-0.2, -0.15) is 26.3 Å². The van der Waals surface area contributed by atoms with E-state index in [1.807, 2.05) is 0 Å². The number of aryl methyl sites for hydroxylation is 2. The highest BCUT2D eigenvalue weighted by atomic mass is 19.4. The van der Waals surface area contributed by atoms with Gasteiger partial charge in [0, 0.05) is 17.7 Å². The quantitative estimate of drug-likeness (QED) is 0.0663. The Kier molecular flexibility index (Phi) is 9.41. The lowest BCUT2D eigenvalue weighted by Crippen LogP contribution is -2.29. The fourth-order valence-corrected chi connectivity index (χ4v) is 7.68. The Labute approximate surface area is 344 Å². The molecule has 62 heavy (non-hydrogen) atoms. The van der Waals surface area contributed by atoms with E-state index in [1.165, 1.54) is 92.7 Å². The summed E-state index contributed by atoms with van der Waals surface area (Å²) in [5, 5.41) is 22.5. The van der Waals surface area contributed by atoms with Crippen LogP contribution in [0.25, 0.3) is 33.4 Å². The van der Waals surface area contributed by atoms with Crippen molar-refractivity contribution in [2.45, 2.75) is 26.2 Å². The number of rotatable bonds is 7. The molecule has 0 atom stereocenters. The van der Waals surface area contributed by atoms with Gasteiger partial charge >= 0.3 is 12.4 Å². The van der Waals surface area contributed by atoms with Gasteiger partial charge in [-0.05, 0) is 126 Å². The maximum absolute atomic E-state index is 14.8. The average Bonchev–Trinajstić information content (AvgIpc) is 3.62. The lowest BCUT2D eigenvalue weighted by Gasteiger charge is -2.21. The van der Waals surface area contributed by atoms with Crippen molar-refractivity contribution in [3.63, 3.8) is 0 Å². The number of anilines is 2. The lowest BCUT2D eigenvalue weighted by molar-refractivity contribution is -0.388. The van der Waals surface area contributed by atoms with Crippen LogP contribution in [0.15, 0.2) is 109 Å². The highest BCUT2D eigenvalue weighted by molar-refractivity contribution is 6.35. The van der Waals surface area contributed by atoms with E-state index < -0.39 is 62.6 Å². The highest BCUT2D eigenvalue weighted by Gasteiger charge is 2.42. The van der Waals surface area contributed by atoms with Crippen LogP contribution in [0.1, 0.15) is 63.7 Å². The molecule has 12 nitrogen and oxygen atoms in total. The van der Waals surface area contributed by atoms with Gasteiger partial charge in [0.2, 0.25) is 0 Å². The molecular formula is C44H24F6N4O8. The van der Waals surface area contributed by atoms with Crippen molar-refractivity contribution in [1.82, 2.24) is 0 Å². The highest BCUT2D eigenvalue weighted by Crippen LogP contribution is 2.44. The van der Waals surface area contributed by atoms with Crippen LogP contribution in [0.4, 0.5) is 49.1 Å². The number of amides is 4. The van der Waals surface area contributed by atoms with Crippen molar-refractivity contribution in [1.29, 1.82) is 0 Å². The first-order valence-corrected chi connectivity index (χ1v) is 18.1. The van der Waals surface area contributed by atoms with Crippen molar-refractivity contribution >= 4 is 46.4 Å². The summed E-state index contributed by atoms with van der Waals surface area (Å²) in [6, 6.07) is 21.2. The number of nitrogens with zero attached hydrogens (tertiary/aromatic N) is 4. The SMILES string of the molecule is Cc1cc(N2C(=O)c3ccc(-c4ccc([N+](=O)[O-])c(C(F)(F)F)c4)cc3C2=O)ccc1-c1ccc(N2C(=O)c3ccc(-c4ccc([N+](=O)[O-])c(C)c4)cc3C2=O)cc1C(F)(F)F. The van der Waals surface area contributed by atoms with Crippen molar-refractivity contribution in [3.05, 3.63) is 174 Å². The van der Waals surface area contributed by atoms with Crippen molar-refractivity contribution in [3.8, 4) is 33.4 Å². The Morgan fingerprint density at radius 1 is 0.419 bits per heavy atom. The minimum absolute atomic E-state index is 0.0237. The van der Waals surface area contributed by atoms with E-state index in [9.17, 15) is 65.7 Å². The van der Waals surface area contributed by atoms with E-state index >= 15 is 0 Å². The third kappa shape index (κ3) is 6.70. The summed E-state index contributed by atoms with van der Waals surface area (Å²) in [6.45, 7) is 2.97. The van der Waals surface area contributed by atoms with Crippen LogP contribution in [-0.4, -0.2) is 33.5 Å². The van der Waals surface area contributed by atoms with E-state index in [0.717, 1.165) is 17.0 Å². The zero-order valence-electron chi connectivity index (χ0n) is 31.7. The fraction of sp³-hybridized carbons (Fsp3) is 0.0909. The monoisotopic (exact) mass is 850 g/mol. The number of nitro groups is 2. The molecule has 0 unspecified atom stereocenters. The van der Waals surface area contributed by atoms with Gasteiger partial charge in [-0.15, -0.1) is 0 Å². The van der Waals surface area contributed by atoms with E-state index in [2.05, 4.69) is 0 Å². The number of imide groups is 2. The number of carbonyl (C=O) groups excluding carboxylic acids is 4. The van der Waals surface area contributed by atoms with Crippen LogP contribution in [0.2, 0.25) is 0 Å². The largest absolute Gasteiger partial charge is 0.423 e. The minimum atomic E-state index is -5.07. The molecule has 6 aromatic rings. The fourth-order valence-electron chi connectivity index (χ4n) is 7.68. The normalized spacial score (nSPS) is 13.8. The summed E-state index contributed by atoms with van der Waals surface area (Å²) >= 11 is 0. The smallest absolute Gasteiger partial charge is 0.268 e. The molecule has 0 spiro atoms. The predicted molar refractivity (Wildman–Crippen MR) is 211 cm³/mol. The molecule has 2 aliphatic heterocycles. The first kappa shape index (κ1) is 40.7. The Morgan fingerprint density at radius 2 is 0.823 bits per heavy atom. The molecule has 8 rings (SSSR count). The molecule has 0 aliphatic carbocycles. The molecule has 310 valence electrons. The van der Waals surface area contributed by atoms with E-state index in [0.29, 0.717) is 39.8 Å². The Morgan fingerprint density at radius 3 is 1.29 bits per heavy atom. The van der Waals surface area contributed by atoms with Crippen LogP contribution in [-0.2, 0) is 12.4 Å². The predicted octanol–water partition coefficient (Wildman–Crippen LogP) is 10.8. The van der Waals surface area contributed by atoms with Gasteiger partial charge in [0.15, 0.2) is 0 Å². The maximum atomic E-state index is 14.8. The van der Waals surface area contributed by atoms with Gasteiger partial charge in [0.05, 0.1) is 49.0 Å². The van der Waals surface area contributed by atoms with E-state index in [1.54, 1.807) is 0 Å². The molecule has 0 fully saturated rings. The number of nitro benzene ring substituents is 2. The molecule has 6 aromatic carbocycles. The second-order valence-corrected chi connectivity index (χ2v) is 14.4. The number of halogens is 6. The van der Waals surface area contributed by atoms with Gasteiger partial charge in [-0.3, -0.25) is 39.4 Å². The Hall–Kier alpha value is -8.02. The van der Waals surface area contributed by atoms with Crippen LogP contribution in [0.5, 0.6) is 0 Å². The van der Waals surface area contributed by atoms with Gasteiger partial charge in [0.25, 0.3) is 35.0 Å². The zero-order valence-corrected chi connectivity index (χ0v) is 31.7. The summed E-state index contributed by atoms with van der Waals surface area (Å²) in [5.74, 6) is -3.46. The number of hydrogen-bond acceptors (Lipinski definition) is 8. The molecule has 0 radical (unpaired) electrons. The average molecular weight is 851 g/mol. The molecule has 0 bridgehead atoms. The van der Waals surface area contributed by atoms with Crippen LogP contribution in [0.3, 0.4) is 0 Å². The summed E-state index contributed by atoms with van der Waals surface area (Å²) in [7, 11) is 0. The van der Waals surface area contributed by atoms with Crippen LogP contribution in [0, 0.1) is 34.1 Å². The van der Waals surface area contributed by atoms with Gasteiger partial charge in [0.1, 0.15) is 5.56 Å². The molecule has 0 saturated heterocycles. The molecular weight excluding hydrogens is 826 g/mol. The molecule has 2 aliphatic rings. The summed E-state index contributed by atoms with van der Waals surface area (Å²) in [5.41, 5.74) is -3.82. The summed E-state index contributed by atoms with van der Waals surface area (Å²) in [6.07, 6.45) is -10.1. The van der Waals surface area contributed by atoms with Gasteiger partial charge < -0.3 is 0 Å². The summed E-state index contributed by atoms with van der Waals surface area (Å²) < 4.78 is 85.4. The third-order valence-electron chi connectivity index (χ3n) is 10.7. The third-order valence-corrected chi connectivity index (χ3v) is 10.7. The molecule has 0 saturated carbocycles. The van der Waals surface area contributed by atoms with Crippen molar-refractivity contribution in [2.75, 3.05) is 9.80 Å². The number of alkyl halides is 6. The van der Waals surface area contributed by atoms with Crippen molar-refractivity contribution in [2.24, 2.45) is 0 Å². The molecule has 4 amide bonds. The molecule has 2 heterocycles. The number of carbonyl (C=O) groups is 4. The van der Waals surface area contributed by atoms with Crippen LogP contribution >= 0.6 is 0 Å². The Balaban J connectivity index is 1.09. The summed E-state index contributed by atoms with van der Waals surface area (Å²) in [4.78, 5) is 76.5.